The van der Waals surface area contributed by atoms with Gasteiger partial charge in [0.15, 0.2) is 0 Å². The van der Waals surface area contributed by atoms with E-state index in [9.17, 15) is 9.13 Å². The van der Waals surface area contributed by atoms with Crippen LogP contribution in [0.3, 0.4) is 0 Å². The highest BCUT2D eigenvalue weighted by molar-refractivity contribution is 7.78. The largest absolute Gasteiger partial charge is 0.456 e. The van der Waals surface area contributed by atoms with Crippen molar-refractivity contribution in [1.82, 2.24) is 0 Å². The monoisotopic (exact) mass is 1720 g/mol. The van der Waals surface area contributed by atoms with E-state index < -0.39 is 14.3 Å². The SMILES string of the molecule is CB(c1c(C)cc(C)cc1C)c1c(C)cc(C)cc1C.CB(c1ccccc1)c1ccccc1.CP(=O)(c1ccccc1)c1ccccc1.Cc1cc(C)c(P(C)(=O)c2c(C)cc(C)cc2C)c(C)c1.Cc1ccc2c(c1)oc1ccccc12.Cc1ccc2c(c1)sc1ccccc12.Cc1cccc2c1oc1ccccc12.Cc1cccc2c1sc1ccccc12. The lowest BCUT2D eigenvalue weighted by atomic mass is 9.39. The lowest BCUT2D eigenvalue weighted by Gasteiger charge is -2.23. The average Bonchev–Trinajstić information content (AvgIpc) is 1.21. The lowest BCUT2D eigenvalue weighted by Crippen LogP contribution is -2.45. The molecule has 16 aromatic carbocycles. The Morgan fingerprint density at radius 1 is 0.238 bits per heavy atom. The van der Waals surface area contributed by atoms with Gasteiger partial charge < -0.3 is 18.0 Å². The summed E-state index contributed by atoms with van der Waals surface area (Å²) in [5, 5.41) is 14.2. The molecule has 0 aliphatic carbocycles. The van der Waals surface area contributed by atoms with Crippen molar-refractivity contribution >= 4 is 178 Å². The molecule has 632 valence electrons. The number of furan rings is 2. The van der Waals surface area contributed by atoms with Crippen LogP contribution in [0.15, 0.2) is 349 Å². The first-order chi connectivity index (χ1) is 60.4. The Morgan fingerprint density at radius 3 is 1.04 bits per heavy atom. The van der Waals surface area contributed by atoms with Gasteiger partial charge in [0.05, 0.1) is 0 Å². The molecule has 0 amide bonds. The van der Waals surface area contributed by atoms with E-state index in [1.807, 2.05) is 133 Å². The summed E-state index contributed by atoms with van der Waals surface area (Å²) in [7, 11) is -4.98. The quantitative estimate of drug-likeness (QED) is 0.112. The maximum Gasteiger partial charge on any atom is 0.207 e. The van der Waals surface area contributed by atoms with Crippen LogP contribution in [0, 0.1) is 111 Å². The third kappa shape index (κ3) is 21.5. The fourth-order valence-corrected chi connectivity index (χ4v) is 25.7. The second kappa shape index (κ2) is 41.1. The summed E-state index contributed by atoms with van der Waals surface area (Å²) < 4.78 is 43.4. The predicted octanol–water partition coefficient (Wildman–Crippen LogP) is 29.3. The predicted molar refractivity (Wildman–Crippen MR) is 561 cm³/mol. The highest BCUT2D eigenvalue weighted by atomic mass is 32.1. The number of fused-ring (bicyclic) bond motifs is 12. The van der Waals surface area contributed by atoms with E-state index in [2.05, 4.69) is 367 Å². The average molecular weight is 1720 g/mol. The molecule has 4 nitrogen and oxygen atoms in total. The van der Waals surface area contributed by atoms with Gasteiger partial charge in [0.2, 0.25) is 13.4 Å². The highest BCUT2D eigenvalue weighted by Crippen LogP contribution is 2.45. The molecule has 0 bridgehead atoms. The van der Waals surface area contributed by atoms with E-state index in [0.717, 1.165) is 65.8 Å². The van der Waals surface area contributed by atoms with Gasteiger partial charge in [0, 0.05) is 83.1 Å². The molecule has 4 heterocycles. The molecule has 10 heteroatoms. The molecule has 0 spiro atoms. The minimum atomic E-state index is -2.59. The van der Waals surface area contributed by atoms with Crippen LogP contribution >= 0.6 is 37.0 Å². The molecule has 0 saturated carbocycles. The van der Waals surface area contributed by atoms with Crippen LogP contribution in [0.2, 0.25) is 13.6 Å². The zero-order chi connectivity index (χ0) is 89.7. The summed E-state index contributed by atoms with van der Waals surface area (Å²) in [5.74, 6) is 0. The number of aryl methyl sites for hydroxylation is 16. The Morgan fingerprint density at radius 2 is 0.571 bits per heavy atom. The van der Waals surface area contributed by atoms with Crippen molar-refractivity contribution in [2.45, 2.75) is 124 Å². The lowest BCUT2D eigenvalue weighted by molar-refractivity contribution is 0.589. The van der Waals surface area contributed by atoms with Crippen LogP contribution in [0.5, 0.6) is 0 Å². The Labute approximate surface area is 756 Å². The molecule has 0 radical (unpaired) electrons. The van der Waals surface area contributed by atoms with Gasteiger partial charge in [-0.1, -0.05) is 383 Å². The third-order valence-electron chi connectivity index (χ3n) is 23.8. The molecule has 0 saturated heterocycles. The van der Waals surface area contributed by atoms with Crippen molar-refractivity contribution in [2.24, 2.45) is 0 Å². The van der Waals surface area contributed by atoms with Gasteiger partial charge in [-0.15, -0.1) is 22.7 Å². The van der Waals surface area contributed by atoms with Crippen molar-refractivity contribution < 1.29 is 18.0 Å². The van der Waals surface area contributed by atoms with E-state index in [0.29, 0.717) is 13.4 Å². The second-order valence-electron chi connectivity index (χ2n) is 34.2. The van der Waals surface area contributed by atoms with Crippen LogP contribution < -0.4 is 43.1 Å². The third-order valence-corrected chi connectivity index (χ3v) is 32.0. The summed E-state index contributed by atoms with van der Waals surface area (Å²) >= 11 is 3.76. The van der Waals surface area contributed by atoms with E-state index in [1.54, 1.807) is 0 Å². The summed E-state index contributed by atoms with van der Waals surface area (Å²) in [6.45, 7) is 43.5. The molecular weight excluding hydrogens is 1600 g/mol. The number of hydrogen-bond acceptors (Lipinski definition) is 6. The van der Waals surface area contributed by atoms with E-state index in [-0.39, 0.29) is 0 Å². The number of rotatable bonds is 8. The minimum Gasteiger partial charge on any atom is -0.456 e. The molecule has 126 heavy (non-hydrogen) atoms. The summed E-state index contributed by atoms with van der Waals surface area (Å²) in [4.78, 5) is 0. The summed E-state index contributed by atoms with van der Waals surface area (Å²) in [6, 6.07) is 117. The summed E-state index contributed by atoms with van der Waals surface area (Å²) in [6.07, 6.45) is 0. The molecular formula is C116H116B2O4P2S2. The Hall–Kier alpha value is -11.9. The standard InChI is InChI=1S/C19H25B.C19H25OP.C13H13B.C13H13OP.2C13H10O.2C13H10S/c1-12-8-14(3)18(15(4)9-12)20(7)19-16(5)10-13(2)11-17(19)6;1-12-8-14(3)18(15(4)9-12)21(7,20)19-16(5)10-13(2)11-17(19)6;1-14(12-8-4-2-5-9-12)13-10-6-3-7-11-13;1-15(14,12-8-4-2-5-9-12)13-10-6-3-7-11-13;1-9-5-4-7-11-10-6-2-3-8-12(10)14-13(9)11;1-9-6-7-11-10-4-2-3-5-12(10)14-13(11)8-9;1-9-5-4-7-11-10-6-2-3-8-12(10)14-13(9)11;1-9-6-7-11-10-4-2-3-5-12(10)14-13(11)8-9/h8-11H,1-7H3;8-11H,1-7H3;2-11H,1H3;2-11H,1H3;4*2-8H,1H3. The first-order valence-corrected chi connectivity index (χ1v) is 49.6. The first-order valence-electron chi connectivity index (χ1n) is 43.6. The van der Waals surface area contributed by atoms with Crippen LogP contribution in [0.25, 0.3) is 84.2 Å². The van der Waals surface area contributed by atoms with Gasteiger partial charge in [0.1, 0.15) is 36.6 Å². The Bertz CT molecular complexity index is 6790. The fourth-order valence-electron chi connectivity index (χ4n) is 18.4. The maximum atomic E-state index is 13.7. The molecule has 20 rings (SSSR count). The number of thiophene rings is 2. The first kappa shape index (κ1) is 91.8. The second-order valence-corrected chi connectivity index (χ2v) is 42.0. The molecule has 0 aliphatic heterocycles. The van der Waals surface area contributed by atoms with Gasteiger partial charge in [0.25, 0.3) is 0 Å². The fraction of sp³-hybridized carbons (Fsp3) is 0.172. The molecule has 0 unspecified atom stereocenters. The topological polar surface area (TPSA) is 60.4 Å². The number of hydrogen-bond donors (Lipinski definition) is 0. The highest BCUT2D eigenvalue weighted by Gasteiger charge is 2.29. The van der Waals surface area contributed by atoms with Crippen molar-refractivity contribution in [3.05, 3.63) is 429 Å². The van der Waals surface area contributed by atoms with E-state index in [1.165, 1.54) is 151 Å². The van der Waals surface area contributed by atoms with Crippen LogP contribution in [0.4, 0.5) is 0 Å². The number of benzene rings is 16. The van der Waals surface area contributed by atoms with E-state index >= 15 is 0 Å². The van der Waals surface area contributed by atoms with Crippen LogP contribution in [-0.4, -0.2) is 26.8 Å². The van der Waals surface area contributed by atoms with Crippen molar-refractivity contribution in [3.63, 3.8) is 0 Å². The molecule has 4 aromatic heterocycles. The van der Waals surface area contributed by atoms with Crippen molar-refractivity contribution in [3.8, 4) is 0 Å². The zero-order valence-electron chi connectivity index (χ0n) is 76.8. The van der Waals surface area contributed by atoms with E-state index in [4.69, 9.17) is 8.83 Å². The van der Waals surface area contributed by atoms with Crippen molar-refractivity contribution in [1.29, 1.82) is 0 Å². The number of para-hydroxylation sites is 3. The van der Waals surface area contributed by atoms with Crippen molar-refractivity contribution in [2.75, 3.05) is 13.3 Å². The zero-order valence-corrected chi connectivity index (χ0v) is 80.3. The smallest absolute Gasteiger partial charge is 0.207 e. The molecule has 20 aromatic rings. The molecule has 0 N–H and O–H groups in total. The van der Waals surface area contributed by atoms with Crippen LogP contribution in [-0.2, 0) is 9.13 Å². The molecule has 0 aliphatic rings. The minimum absolute atomic E-state index is 0.455. The van der Waals surface area contributed by atoms with Gasteiger partial charge >= 0.3 is 0 Å². The van der Waals surface area contributed by atoms with Crippen LogP contribution in [0.1, 0.15) is 89.0 Å². The molecule has 0 atom stereocenters. The normalized spacial score (nSPS) is 11.1. The maximum absolute atomic E-state index is 13.7. The Balaban J connectivity index is 0.000000124. The van der Waals surface area contributed by atoms with Gasteiger partial charge in [-0.25, -0.2) is 0 Å². The summed E-state index contributed by atoms with van der Waals surface area (Å²) in [5.41, 5.74) is 30.2. The Kier molecular flexibility index (Phi) is 29.9. The van der Waals surface area contributed by atoms with Gasteiger partial charge in [-0.05, 0) is 205 Å². The molecule has 0 fully saturated rings. The van der Waals surface area contributed by atoms with Gasteiger partial charge in [-0.2, -0.15) is 0 Å². The van der Waals surface area contributed by atoms with Gasteiger partial charge in [-0.3, -0.25) is 0 Å².